The molecule has 2 aliphatic heterocycles. The van der Waals surface area contributed by atoms with Crippen LogP contribution in [0.3, 0.4) is 0 Å². The number of hydrogen-bond donors (Lipinski definition) is 2. The molecule has 4 rings (SSSR count). The number of nitrogens with zero attached hydrogens (tertiary/aromatic N) is 2. The van der Waals surface area contributed by atoms with Gasteiger partial charge < -0.3 is 16.0 Å². The van der Waals surface area contributed by atoms with Gasteiger partial charge in [-0.15, -0.1) is 0 Å². The molecule has 2 aromatic rings. The van der Waals surface area contributed by atoms with Crippen molar-refractivity contribution in [3.05, 3.63) is 57.7 Å². The van der Waals surface area contributed by atoms with E-state index < -0.39 is 5.91 Å². The second kappa shape index (κ2) is 8.18. The summed E-state index contributed by atoms with van der Waals surface area (Å²) in [5, 5.41) is 3.14. The summed E-state index contributed by atoms with van der Waals surface area (Å²) in [5.74, 6) is 0.202. The van der Waals surface area contributed by atoms with Gasteiger partial charge in [-0.25, -0.2) is 4.98 Å². The van der Waals surface area contributed by atoms with Crippen molar-refractivity contribution in [3.63, 3.8) is 0 Å². The summed E-state index contributed by atoms with van der Waals surface area (Å²) in [7, 11) is 0. The minimum atomic E-state index is -0.539. The van der Waals surface area contributed by atoms with Crippen LogP contribution in [0.4, 0.5) is 5.82 Å². The summed E-state index contributed by atoms with van der Waals surface area (Å²) in [6, 6.07) is 9.25. The zero-order valence-corrected chi connectivity index (χ0v) is 18.2. The highest BCUT2D eigenvalue weighted by molar-refractivity contribution is 9.10. The van der Waals surface area contributed by atoms with Crippen LogP contribution in [0.2, 0.25) is 0 Å². The Kier molecular flexibility index (Phi) is 5.60. The van der Waals surface area contributed by atoms with Gasteiger partial charge in [0.05, 0.1) is 5.56 Å². The van der Waals surface area contributed by atoms with E-state index in [-0.39, 0.29) is 17.7 Å². The van der Waals surface area contributed by atoms with Gasteiger partial charge in [0.25, 0.3) is 5.91 Å². The molecule has 8 heteroatoms. The molecule has 2 saturated heterocycles. The van der Waals surface area contributed by atoms with Crippen LogP contribution in [0, 0.1) is 0 Å². The minimum Gasteiger partial charge on any atom is -0.366 e. The maximum Gasteiger partial charge on any atom is 0.251 e. The minimum absolute atomic E-state index is 0.00828. The predicted molar refractivity (Wildman–Crippen MR) is 117 cm³/mol. The maximum atomic E-state index is 12.7. The van der Waals surface area contributed by atoms with E-state index in [0.29, 0.717) is 33.2 Å². The Labute approximate surface area is 183 Å². The largest absolute Gasteiger partial charge is 0.366 e. The third-order valence-corrected chi connectivity index (χ3v) is 6.64. The first-order chi connectivity index (χ1) is 14.3. The van der Waals surface area contributed by atoms with Crippen molar-refractivity contribution >= 4 is 39.3 Å². The van der Waals surface area contributed by atoms with Gasteiger partial charge in [0.2, 0.25) is 5.91 Å². The molecule has 2 fully saturated rings. The van der Waals surface area contributed by atoms with E-state index in [1.165, 1.54) is 6.92 Å². The highest BCUT2D eigenvalue weighted by atomic mass is 79.9. The molecule has 3 heterocycles. The quantitative estimate of drug-likeness (QED) is 0.653. The fourth-order valence-electron chi connectivity index (χ4n) is 4.54. The van der Waals surface area contributed by atoms with Crippen LogP contribution in [0.5, 0.6) is 0 Å². The first kappa shape index (κ1) is 20.5. The summed E-state index contributed by atoms with van der Waals surface area (Å²) in [4.78, 5) is 42.4. The zero-order valence-electron chi connectivity index (χ0n) is 16.6. The molecule has 0 saturated carbocycles. The molecule has 1 aromatic carbocycles. The SMILES string of the molecule is CC(=O)c1ccc(N2[C@@H]3CC[C@H]2C[C@@H](NC(=O)c2ccc(C(N)=O)c(Br)c2)C3)nc1. The Balaban J connectivity index is 1.43. The van der Waals surface area contributed by atoms with Gasteiger partial charge in [0, 0.05) is 39.9 Å². The molecule has 30 heavy (non-hydrogen) atoms. The second-order valence-corrected chi connectivity index (χ2v) is 8.81. The van der Waals surface area contributed by atoms with E-state index in [4.69, 9.17) is 5.73 Å². The monoisotopic (exact) mass is 470 g/mol. The van der Waals surface area contributed by atoms with E-state index in [1.54, 1.807) is 24.4 Å². The number of fused-ring (bicyclic) bond motifs is 2. The lowest BCUT2D eigenvalue weighted by Gasteiger charge is -2.40. The summed E-state index contributed by atoms with van der Waals surface area (Å²) in [6.07, 6.45) is 5.45. The number of carbonyl (C=O) groups is 3. The number of pyridine rings is 1. The van der Waals surface area contributed by atoms with Crippen molar-refractivity contribution in [1.82, 2.24) is 10.3 Å². The van der Waals surface area contributed by atoms with E-state index in [0.717, 1.165) is 31.5 Å². The second-order valence-electron chi connectivity index (χ2n) is 7.95. The Morgan fingerprint density at radius 1 is 1.10 bits per heavy atom. The highest BCUT2D eigenvalue weighted by Gasteiger charge is 2.41. The molecule has 3 N–H and O–H groups in total. The molecule has 7 nitrogen and oxygen atoms in total. The summed E-state index contributed by atoms with van der Waals surface area (Å²) < 4.78 is 0.512. The fraction of sp³-hybridized carbons (Fsp3) is 0.364. The summed E-state index contributed by atoms with van der Waals surface area (Å²) in [5.41, 5.74) is 6.77. The molecule has 2 aliphatic rings. The van der Waals surface area contributed by atoms with E-state index in [9.17, 15) is 14.4 Å². The van der Waals surface area contributed by atoms with Gasteiger partial charge in [-0.2, -0.15) is 0 Å². The third-order valence-electron chi connectivity index (χ3n) is 5.98. The van der Waals surface area contributed by atoms with Crippen molar-refractivity contribution in [1.29, 1.82) is 0 Å². The summed E-state index contributed by atoms with van der Waals surface area (Å²) >= 11 is 3.30. The number of piperidine rings is 1. The molecule has 156 valence electrons. The van der Waals surface area contributed by atoms with Crippen molar-refractivity contribution < 1.29 is 14.4 Å². The number of nitrogens with one attached hydrogen (secondary N) is 1. The smallest absolute Gasteiger partial charge is 0.251 e. The third kappa shape index (κ3) is 3.96. The Bertz CT molecular complexity index is 994. The van der Waals surface area contributed by atoms with Gasteiger partial charge in [0.15, 0.2) is 5.78 Å². The van der Waals surface area contributed by atoms with Gasteiger partial charge in [-0.3, -0.25) is 14.4 Å². The fourth-order valence-corrected chi connectivity index (χ4v) is 5.12. The van der Waals surface area contributed by atoms with Crippen LogP contribution in [0.1, 0.15) is 63.7 Å². The molecule has 0 unspecified atom stereocenters. The van der Waals surface area contributed by atoms with Crippen molar-refractivity contribution in [2.24, 2.45) is 5.73 Å². The number of rotatable bonds is 5. The number of aromatic nitrogens is 1. The zero-order chi connectivity index (χ0) is 21.4. The number of hydrogen-bond acceptors (Lipinski definition) is 5. The van der Waals surface area contributed by atoms with Crippen molar-refractivity contribution in [2.75, 3.05) is 4.90 Å². The number of nitrogens with two attached hydrogens (primary N) is 1. The first-order valence-corrected chi connectivity index (χ1v) is 10.8. The molecule has 0 spiro atoms. The number of ketones is 1. The lowest BCUT2D eigenvalue weighted by Crippen LogP contribution is -2.50. The van der Waals surface area contributed by atoms with E-state index >= 15 is 0 Å². The molecule has 0 aliphatic carbocycles. The molecular formula is C22H23BrN4O3. The number of anilines is 1. The van der Waals surface area contributed by atoms with Gasteiger partial charge in [0.1, 0.15) is 5.82 Å². The molecule has 2 amide bonds. The maximum absolute atomic E-state index is 12.7. The van der Waals surface area contributed by atoms with Gasteiger partial charge in [-0.05, 0) is 78.9 Å². The molecule has 1 aromatic heterocycles. The lowest BCUT2D eigenvalue weighted by atomic mass is 9.96. The standard InChI is InChI=1S/C22H23BrN4O3/c1-12(28)14-3-7-20(25-11-14)27-16-4-5-17(27)10-15(9-16)26-22(30)13-2-6-18(21(24)29)19(23)8-13/h2-3,6-8,11,15-17H,4-5,9-10H2,1H3,(H2,24,29)(H,26,30)/t15-,16+,17-. The van der Waals surface area contributed by atoms with Gasteiger partial charge in [-0.1, -0.05) is 0 Å². The van der Waals surface area contributed by atoms with E-state index in [2.05, 4.69) is 31.1 Å². The van der Waals surface area contributed by atoms with E-state index in [1.807, 2.05) is 12.1 Å². The Hall–Kier alpha value is -2.74. The van der Waals surface area contributed by atoms with Crippen LogP contribution >= 0.6 is 15.9 Å². The number of primary amides is 1. The Morgan fingerprint density at radius 2 is 1.77 bits per heavy atom. The molecule has 2 bridgehead atoms. The summed E-state index contributed by atoms with van der Waals surface area (Å²) in [6.45, 7) is 1.54. The lowest BCUT2D eigenvalue weighted by molar-refractivity contribution is 0.0924. The molecule has 0 radical (unpaired) electrons. The number of Topliss-reactive ketones (excluding diaryl/α,β-unsaturated/α-hetero) is 1. The molecule has 3 atom stereocenters. The predicted octanol–water partition coefficient (Wildman–Crippen LogP) is 3.08. The molecular weight excluding hydrogens is 448 g/mol. The van der Waals surface area contributed by atoms with Crippen molar-refractivity contribution in [2.45, 2.75) is 50.7 Å². The number of amides is 2. The Morgan fingerprint density at radius 3 is 2.30 bits per heavy atom. The number of benzene rings is 1. The normalized spacial score (nSPS) is 22.6. The van der Waals surface area contributed by atoms with Crippen molar-refractivity contribution in [3.8, 4) is 0 Å². The van der Waals surface area contributed by atoms with Crippen LogP contribution < -0.4 is 16.0 Å². The van der Waals surface area contributed by atoms with Gasteiger partial charge >= 0.3 is 0 Å². The van der Waals surface area contributed by atoms with Crippen LogP contribution in [0.15, 0.2) is 41.0 Å². The topological polar surface area (TPSA) is 105 Å². The average Bonchev–Trinajstić information content (AvgIpc) is 2.98. The average molecular weight is 471 g/mol. The first-order valence-electron chi connectivity index (χ1n) is 9.99. The number of halogens is 1. The van der Waals surface area contributed by atoms with Crippen LogP contribution in [-0.2, 0) is 0 Å². The highest BCUT2D eigenvalue weighted by Crippen LogP contribution is 2.38. The number of carbonyl (C=O) groups excluding carboxylic acids is 3. The van der Waals surface area contributed by atoms with Crippen LogP contribution in [-0.4, -0.2) is 40.7 Å². The van der Waals surface area contributed by atoms with Crippen LogP contribution in [0.25, 0.3) is 0 Å².